The zero-order valence-electron chi connectivity index (χ0n) is 21.9. The fourth-order valence-electron chi connectivity index (χ4n) is 3.42. The predicted octanol–water partition coefficient (Wildman–Crippen LogP) is 3.36. The number of nitrogens with zero attached hydrogens (tertiary/aromatic N) is 7. The Hall–Kier alpha value is -4.58. The van der Waals surface area contributed by atoms with Gasteiger partial charge in [0.1, 0.15) is 22.9 Å². The summed E-state index contributed by atoms with van der Waals surface area (Å²) in [6, 6.07) is 7.21. The minimum Gasteiger partial charge on any atom is -0.473 e. The summed E-state index contributed by atoms with van der Waals surface area (Å²) in [7, 11) is 0. The fourth-order valence-corrected chi connectivity index (χ4v) is 3.56. The SMILES string of the molecule is CC(C)NC(=O)c1cnn2ccc(Cl)nc12.CC(C)NC(=O)c1cnn2ccc(OCc3cccnc3)nc12. The lowest BCUT2D eigenvalue weighted by Gasteiger charge is -2.08. The molecule has 39 heavy (non-hydrogen) atoms. The second-order valence-electron chi connectivity index (χ2n) is 9.08. The smallest absolute Gasteiger partial charge is 0.256 e. The van der Waals surface area contributed by atoms with Gasteiger partial charge in [0.2, 0.25) is 5.88 Å². The summed E-state index contributed by atoms with van der Waals surface area (Å²) >= 11 is 5.77. The Morgan fingerprint density at radius 3 is 2.03 bits per heavy atom. The number of carbonyl (C=O) groups is 2. The molecule has 0 aliphatic rings. The second-order valence-corrected chi connectivity index (χ2v) is 9.46. The zero-order chi connectivity index (χ0) is 27.9. The Balaban J connectivity index is 0.000000193. The van der Waals surface area contributed by atoms with E-state index < -0.39 is 0 Å². The van der Waals surface area contributed by atoms with Crippen LogP contribution in [0.2, 0.25) is 5.15 Å². The van der Waals surface area contributed by atoms with Crippen molar-refractivity contribution in [2.24, 2.45) is 0 Å². The number of rotatable bonds is 7. The Morgan fingerprint density at radius 2 is 1.46 bits per heavy atom. The number of nitrogens with one attached hydrogen (secondary N) is 2. The van der Waals surface area contributed by atoms with Crippen molar-refractivity contribution in [2.45, 2.75) is 46.4 Å². The molecule has 0 spiro atoms. The third-order valence-electron chi connectivity index (χ3n) is 5.12. The highest BCUT2D eigenvalue weighted by Gasteiger charge is 2.16. The molecule has 0 fully saturated rings. The van der Waals surface area contributed by atoms with Crippen LogP contribution < -0.4 is 15.4 Å². The number of hydrogen-bond acceptors (Lipinski definition) is 8. The van der Waals surface area contributed by atoms with Crippen molar-refractivity contribution in [3.63, 3.8) is 0 Å². The molecular weight excluding hydrogens is 522 g/mol. The predicted molar refractivity (Wildman–Crippen MR) is 145 cm³/mol. The number of carbonyl (C=O) groups excluding carboxylic acids is 2. The normalized spacial score (nSPS) is 10.9. The summed E-state index contributed by atoms with van der Waals surface area (Å²) in [6.07, 6.45) is 9.81. The second kappa shape index (κ2) is 12.3. The standard InChI is InChI=1S/C16H17N5O2.C10H11ClN4O/c1-11(2)19-16(22)13-9-18-21-7-5-14(20-15(13)21)23-10-12-4-3-6-17-8-12;1-6(2)13-10(16)7-5-12-15-4-3-8(11)14-9(7)15/h3-9,11H,10H2,1-2H3,(H,19,22);3-6H,1-2H3,(H,13,16). The number of fused-ring (bicyclic) bond motifs is 2. The van der Waals surface area contributed by atoms with Crippen LogP contribution in [0.3, 0.4) is 0 Å². The van der Waals surface area contributed by atoms with Crippen LogP contribution in [-0.2, 0) is 6.61 Å². The van der Waals surface area contributed by atoms with Crippen molar-refractivity contribution in [2.75, 3.05) is 0 Å². The largest absolute Gasteiger partial charge is 0.473 e. The lowest BCUT2D eigenvalue weighted by atomic mass is 10.3. The average molecular weight is 550 g/mol. The maximum absolute atomic E-state index is 12.2. The Kier molecular flexibility index (Phi) is 8.67. The first-order chi connectivity index (χ1) is 18.7. The van der Waals surface area contributed by atoms with Crippen LogP contribution in [0, 0.1) is 0 Å². The molecule has 0 saturated heterocycles. The first-order valence-corrected chi connectivity index (χ1v) is 12.6. The van der Waals surface area contributed by atoms with E-state index in [4.69, 9.17) is 16.3 Å². The lowest BCUT2D eigenvalue weighted by molar-refractivity contribution is 0.0935. The third kappa shape index (κ3) is 7.05. The monoisotopic (exact) mass is 549 g/mol. The minimum atomic E-state index is -0.202. The van der Waals surface area contributed by atoms with Gasteiger partial charge < -0.3 is 15.4 Å². The quantitative estimate of drug-likeness (QED) is 0.294. The van der Waals surface area contributed by atoms with E-state index in [0.29, 0.717) is 40.1 Å². The summed E-state index contributed by atoms with van der Waals surface area (Å²) in [5, 5.41) is 14.1. The minimum absolute atomic E-state index is 0.0439. The van der Waals surface area contributed by atoms with Crippen LogP contribution in [0.25, 0.3) is 11.3 Å². The topological polar surface area (TPSA) is 141 Å². The summed E-state index contributed by atoms with van der Waals surface area (Å²) < 4.78 is 8.72. The van der Waals surface area contributed by atoms with E-state index in [9.17, 15) is 9.59 Å². The van der Waals surface area contributed by atoms with Crippen LogP contribution in [-0.4, -0.2) is 58.1 Å². The molecule has 0 saturated carbocycles. The van der Waals surface area contributed by atoms with E-state index in [2.05, 4.69) is 35.8 Å². The van der Waals surface area contributed by atoms with Crippen molar-refractivity contribution in [1.29, 1.82) is 0 Å². The van der Waals surface area contributed by atoms with Gasteiger partial charge in [0.25, 0.3) is 11.8 Å². The van der Waals surface area contributed by atoms with Gasteiger partial charge in [0.15, 0.2) is 11.3 Å². The maximum atomic E-state index is 12.2. The van der Waals surface area contributed by atoms with Crippen molar-refractivity contribution in [1.82, 2.24) is 44.8 Å². The number of halogens is 1. The van der Waals surface area contributed by atoms with Gasteiger partial charge in [0, 0.05) is 48.5 Å². The molecular formula is C26H28ClN9O3. The molecule has 5 heterocycles. The van der Waals surface area contributed by atoms with Gasteiger partial charge in [-0.25, -0.2) is 14.0 Å². The molecule has 2 amide bonds. The highest BCUT2D eigenvalue weighted by molar-refractivity contribution is 6.29. The molecule has 13 heteroatoms. The Morgan fingerprint density at radius 1 is 0.872 bits per heavy atom. The number of aromatic nitrogens is 7. The summed E-state index contributed by atoms with van der Waals surface area (Å²) in [5.41, 5.74) is 2.72. The van der Waals surface area contributed by atoms with Crippen LogP contribution in [0.1, 0.15) is 54.0 Å². The molecule has 0 aromatic carbocycles. The molecule has 5 aromatic heterocycles. The summed E-state index contributed by atoms with van der Waals surface area (Å²) in [5.74, 6) is 0.0344. The molecule has 0 unspecified atom stereocenters. The van der Waals surface area contributed by atoms with Crippen molar-refractivity contribution in [3.05, 3.63) is 83.3 Å². The van der Waals surface area contributed by atoms with Gasteiger partial charge in [-0.05, 0) is 39.8 Å². The molecule has 2 N–H and O–H groups in total. The number of ether oxygens (including phenoxy) is 1. The van der Waals surface area contributed by atoms with E-state index in [-0.39, 0.29) is 23.9 Å². The van der Waals surface area contributed by atoms with Crippen molar-refractivity contribution in [3.8, 4) is 5.88 Å². The Labute approximate surface area is 229 Å². The van der Waals surface area contributed by atoms with Crippen molar-refractivity contribution >= 4 is 34.7 Å². The number of pyridine rings is 1. The molecule has 0 aliphatic heterocycles. The molecule has 5 aromatic rings. The highest BCUT2D eigenvalue weighted by atomic mass is 35.5. The third-order valence-corrected chi connectivity index (χ3v) is 5.33. The van der Waals surface area contributed by atoms with E-state index >= 15 is 0 Å². The van der Waals surface area contributed by atoms with Crippen LogP contribution in [0.15, 0.2) is 61.4 Å². The van der Waals surface area contributed by atoms with E-state index in [1.54, 1.807) is 41.4 Å². The summed E-state index contributed by atoms with van der Waals surface area (Å²) in [4.78, 5) is 36.4. The van der Waals surface area contributed by atoms with E-state index in [1.165, 1.54) is 16.9 Å². The molecule has 0 aliphatic carbocycles. The Bertz CT molecular complexity index is 1580. The first kappa shape index (κ1) is 27.5. The van der Waals surface area contributed by atoms with Gasteiger partial charge >= 0.3 is 0 Å². The van der Waals surface area contributed by atoms with Crippen LogP contribution in [0.5, 0.6) is 5.88 Å². The molecule has 0 atom stereocenters. The zero-order valence-corrected chi connectivity index (χ0v) is 22.6. The lowest BCUT2D eigenvalue weighted by Crippen LogP contribution is -2.30. The number of amides is 2. The van der Waals surface area contributed by atoms with Crippen LogP contribution >= 0.6 is 11.6 Å². The van der Waals surface area contributed by atoms with E-state index in [0.717, 1.165) is 5.56 Å². The van der Waals surface area contributed by atoms with E-state index in [1.807, 2.05) is 39.8 Å². The maximum Gasteiger partial charge on any atom is 0.256 e. The average Bonchev–Trinajstić information content (AvgIpc) is 3.51. The molecule has 202 valence electrons. The number of hydrogen-bond donors (Lipinski definition) is 2. The van der Waals surface area contributed by atoms with Gasteiger partial charge in [-0.2, -0.15) is 15.2 Å². The van der Waals surface area contributed by atoms with Gasteiger partial charge in [-0.15, -0.1) is 0 Å². The van der Waals surface area contributed by atoms with Gasteiger partial charge in [-0.3, -0.25) is 14.6 Å². The molecule has 5 rings (SSSR count). The fraction of sp³-hybridized carbons (Fsp3) is 0.269. The molecule has 0 radical (unpaired) electrons. The molecule has 12 nitrogen and oxygen atoms in total. The van der Waals surface area contributed by atoms with Crippen molar-refractivity contribution < 1.29 is 14.3 Å². The molecule has 0 bridgehead atoms. The van der Waals surface area contributed by atoms with Gasteiger partial charge in [0.05, 0.1) is 12.4 Å². The van der Waals surface area contributed by atoms with Gasteiger partial charge in [-0.1, -0.05) is 17.7 Å². The first-order valence-electron chi connectivity index (χ1n) is 12.2. The van der Waals surface area contributed by atoms with Crippen LogP contribution in [0.4, 0.5) is 0 Å². The highest BCUT2D eigenvalue weighted by Crippen LogP contribution is 2.15. The summed E-state index contributed by atoms with van der Waals surface area (Å²) in [6.45, 7) is 7.95.